The monoisotopic (exact) mass is 306 g/mol. The second-order valence-corrected chi connectivity index (χ2v) is 6.61. The molecule has 3 nitrogen and oxygen atoms in total. The van der Waals surface area contributed by atoms with Crippen LogP contribution in [0.4, 0.5) is 5.69 Å². The SMILES string of the molecule is CCCNc1cc(C(C)(C)C)nc2c(Cl)ccc(OC)c12. The van der Waals surface area contributed by atoms with Gasteiger partial charge in [0.15, 0.2) is 0 Å². The fraction of sp³-hybridized carbons (Fsp3) is 0.471. The number of hydrogen-bond acceptors (Lipinski definition) is 3. The number of methoxy groups -OCH3 is 1. The van der Waals surface area contributed by atoms with Gasteiger partial charge in [0.1, 0.15) is 5.75 Å². The zero-order chi connectivity index (χ0) is 15.6. The Kier molecular flexibility index (Phi) is 4.62. The molecule has 2 rings (SSSR count). The van der Waals surface area contributed by atoms with Gasteiger partial charge in [-0.3, -0.25) is 4.98 Å². The highest BCUT2D eigenvalue weighted by Gasteiger charge is 2.20. The van der Waals surface area contributed by atoms with Crippen molar-refractivity contribution < 1.29 is 4.74 Å². The molecule has 0 unspecified atom stereocenters. The van der Waals surface area contributed by atoms with E-state index >= 15 is 0 Å². The third kappa shape index (κ3) is 3.24. The Morgan fingerprint density at radius 1 is 1.29 bits per heavy atom. The lowest BCUT2D eigenvalue weighted by Gasteiger charge is -2.21. The minimum absolute atomic E-state index is 0.0385. The van der Waals surface area contributed by atoms with Crippen molar-refractivity contribution in [1.82, 2.24) is 4.98 Å². The van der Waals surface area contributed by atoms with Gasteiger partial charge in [-0.05, 0) is 24.6 Å². The molecule has 4 heteroatoms. The van der Waals surface area contributed by atoms with Crippen LogP contribution in [-0.4, -0.2) is 18.6 Å². The standard InChI is InChI=1S/C17H23ClN2O/c1-6-9-19-12-10-14(17(2,3)4)20-16-11(18)7-8-13(21-5)15(12)16/h7-8,10H,6,9H2,1-5H3,(H,19,20). The molecule has 21 heavy (non-hydrogen) atoms. The maximum absolute atomic E-state index is 6.37. The minimum Gasteiger partial charge on any atom is -0.496 e. The van der Waals surface area contributed by atoms with Crippen molar-refractivity contribution in [2.45, 2.75) is 39.5 Å². The molecular formula is C17H23ClN2O. The Labute approximate surface area is 131 Å². The van der Waals surface area contributed by atoms with Crippen molar-refractivity contribution in [3.05, 3.63) is 28.9 Å². The van der Waals surface area contributed by atoms with Crippen molar-refractivity contribution in [3.63, 3.8) is 0 Å². The van der Waals surface area contributed by atoms with Crippen LogP contribution < -0.4 is 10.1 Å². The molecule has 0 aliphatic carbocycles. The molecule has 0 atom stereocenters. The van der Waals surface area contributed by atoms with Crippen LogP contribution in [0, 0.1) is 0 Å². The number of anilines is 1. The van der Waals surface area contributed by atoms with Gasteiger partial charge in [-0.15, -0.1) is 0 Å². The third-order valence-electron chi connectivity index (χ3n) is 3.43. The van der Waals surface area contributed by atoms with E-state index in [-0.39, 0.29) is 5.41 Å². The van der Waals surface area contributed by atoms with Gasteiger partial charge >= 0.3 is 0 Å². The third-order valence-corrected chi connectivity index (χ3v) is 3.73. The quantitative estimate of drug-likeness (QED) is 0.861. The van der Waals surface area contributed by atoms with Crippen LogP contribution in [0.25, 0.3) is 10.9 Å². The van der Waals surface area contributed by atoms with Crippen molar-refractivity contribution in [2.24, 2.45) is 0 Å². The second kappa shape index (κ2) is 6.10. The molecule has 0 fully saturated rings. The van der Waals surface area contributed by atoms with Crippen molar-refractivity contribution in [1.29, 1.82) is 0 Å². The number of benzene rings is 1. The summed E-state index contributed by atoms with van der Waals surface area (Å²) in [4.78, 5) is 4.77. The van der Waals surface area contributed by atoms with Crippen LogP contribution in [0.15, 0.2) is 18.2 Å². The summed E-state index contributed by atoms with van der Waals surface area (Å²) in [5, 5.41) is 5.07. The fourth-order valence-corrected chi connectivity index (χ4v) is 2.43. The summed E-state index contributed by atoms with van der Waals surface area (Å²) in [6.07, 6.45) is 1.05. The molecular weight excluding hydrogens is 284 g/mol. The van der Waals surface area contributed by atoms with Crippen LogP contribution in [0.3, 0.4) is 0 Å². The molecule has 0 saturated heterocycles. The molecule has 2 aromatic rings. The molecule has 1 heterocycles. The highest BCUT2D eigenvalue weighted by Crippen LogP contribution is 2.38. The average molecular weight is 307 g/mol. The summed E-state index contributed by atoms with van der Waals surface area (Å²) in [5.41, 5.74) is 2.81. The summed E-state index contributed by atoms with van der Waals surface area (Å²) >= 11 is 6.37. The van der Waals surface area contributed by atoms with Crippen molar-refractivity contribution >= 4 is 28.2 Å². The van der Waals surface area contributed by atoms with Crippen LogP contribution in [0.2, 0.25) is 5.02 Å². The molecule has 0 spiro atoms. The van der Waals surface area contributed by atoms with Crippen molar-refractivity contribution in [3.8, 4) is 5.75 Å². The Hall–Kier alpha value is -1.48. The smallest absolute Gasteiger partial charge is 0.130 e. The van der Waals surface area contributed by atoms with Crippen LogP contribution in [0.1, 0.15) is 39.8 Å². The fourth-order valence-electron chi connectivity index (χ4n) is 2.23. The minimum atomic E-state index is -0.0385. The topological polar surface area (TPSA) is 34.2 Å². The average Bonchev–Trinajstić information content (AvgIpc) is 2.44. The number of hydrogen-bond donors (Lipinski definition) is 1. The van der Waals surface area contributed by atoms with Crippen LogP contribution in [-0.2, 0) is 5.41 Å². The number of pyridine rings is 1. The van der Waals surface area contributed by atoms with Crippen LogP contribution in [0.5, 0.6) is 5.75 Å². The molecule has 1 aromatic heterocycles. The zero-order valence-corrected chi connectivity index (χ0v) is 14.1. The first kappa shape index (κ1) is 15.9. The Bertz CT molecular complexity index is 647. The highest BCUT2D eigenvalue weighted by molar-refractivity contribution is 6.35. The second-order valence-electron chi connectivity index (χ2n) is 6.21. The molecule has 0 aliphatic heterocycles. The zero-order valence-electron chi connectivity index (χ0n) is 13.4. The molecule has 0 radical (unpaired) electrons. The Morgan fingerprint density at radius 2 is 2.00 bits per heavy atom. The number of aromatic nitrogens is 1. The predicted molar refractivity (Wildman–Crippen MR) is 90.8 cm³/mol. The summed E-state index contributed by atoms with van der Waals surface area (Å²) in [6.45, 7) is 9.50. The first-order valence-electron chi connectivity index (χ1n) is 7.30. The first-order valence-corrected chi connectivity index (χ1v) is 7.68. The van der Waals surface area contributed by atoms with Crippen LogP contribution >= 0.6 is 11.6 Å². The maximum Gasteiger partial charge on any atom is 0.130 e. The van der Waals surface area contributed by atoms with Gasteiger partial charge in [-0.25, -0.2) is 0 Å². The van der Waals surface area contributed by atoms with Gasteiger partial charge < -0.3 is 10.1 Å². The lowest BCUT2D eigenvalue weighted by Crippen LogP contribution is -2.15. The maximum atomic E-state index is 6.37. The Balaban J connectivity index is 2.77. The van der Waals surface area contributed by atoms with E-state index in [2.05, 4.69) is 39.1 Å². The molecule has 1 aromatic carbocycles. The van der Waals surface area contributed by atoms with E-state index in [1.807, 2.05) is 12.1 Å². The molecule has 0 amide bonds. The van der Waals surface area contributed by atoms with Crippen molar-refractivity contribution in [2.75, 3.05) is 19.0 Å². The van der Waals surface area contributed by atoms with E-state index in [9.17, 15) is 0 Å². The summed E-state index contributed by atoms with van der Waals surface area (Å²) in [7, 11) is 1.67. The van der Waals surface area contributed by atoms with Gasteiger partial charge in [-0.1, -0.05) is 39.3 Å². The molecule has 0 aliphatic rings. The lowest BCUT2D eigenvalue weighted by atomic mass is 9.90. The summed E-state index contributed by atoms with van der Waals surface area (Å²) < 4.78 is 5.49. The number of rotatable bonds is 4. The predicted octanol–water partition coefficient (Wildman–Crippen LogP) is 5.02. The number of fused-ring (bicyclic) bond motifs is 1. The van der Waals surface area contributed by atoms with Gasteiger partial charge in [-0.2, -0.15) is 0 Å². The van der Waals surface area contributed by atoms with Gasteiger partial charge in [0.2, 0.25) is 0 Å². The highest BCUT2D eigenvalue weighted by atomic mass is 35.5. The van der Waals surface area contributed by atoms with E-state index in [1.54, 1.807) is 7.11 Å². The van der Waals surface area contributed by atoms with E-state index < -0.39 is 0 Å². The number of nitrogens with one attached hydrogen (secondary N) is 1. The van der Waals surface area contributed by atoms with E-state index in [1.165, 1.54) is 0 Å². The van der Waals surface area contributed by atoms with Gasteiger partial charge in [0, 0.05) is 23.3 Å². The van der Waals surface area contributed by atoms with E-state index in [0.717, 1.165) is 41.0 Å². The first-order chi connectivity index (χ1) is 9.88. The number of nitrogens with zero attached hydrogens (tertiary/aromatic N) is 1. The van der Waals surface area contributed by atoms with E-state index in [0.29, 0.717) is 5.02 Å². The van der Waals surface area contributed by atoms with Gasteiger partial charge in [0.05, 0.1) is 23.0 Å². The molecule has 1 N–H and O–H groups in total. The summed E-state index contributed by atoms with van der Waals surface area (Å²) in [6, 6.07) is 5.84. The summed E-state index contributed by atoms with van der Waals surface area (Å²) in [5.74, 6) is 0.793. The largest absolute Gasteiger partial charge is 0.496 e. The molecule has 114 valence electrons. The Morgan fingerprint density at radius 3 is 2.57 bits per heavy atom. The van der Waals surface area contributed by atoms with E-state index in [4.69, 9.17) is 21.3 Å². The normalized spacial score (nSPS) is 11.7. The number of halogens is 1. The number of ether oxygens (including phenoxy) is 1. The lowest BCUT2D eigenvalue weighted by molar-refractivity contribution is 0.420. The van der Waals surface area contributed by atoms with Gasteiger partial charge in [0.25, 0.3) is 0 Å². The molecule has 0 bridgehead atoms. The molecule has 0 saturated carbocycles.